The fourth-order valence-corrected chi connectivity index (χ4v) is 6.55. The van der Waals surface area contributed by atoms with Gasteiger partial charge < -0.3 is 24.8 Å². The highest BCUT2D eigenvalue weighted by Gasteiger charge is 2.61. The van der Waals surface area contributed by atoms with Gasteiger partial charge in [0.25, 0.3) is 0 Å². The first-order chi connectivity index (χ1) is 17.4. The van der Waals surface area contributed by atoms with E-state index in [0.717, 1.165) is 68.7 Å². The molecular weight excluding hydrogens is 486 g/mol. The minimum atomic E-state index is -0.900. The average molecular weight is 538 g/mol. The van der Waals surface area contributed by atoms with E-state index in [1.807, 2.05) is 33.8 Å². The molecule has 37 heavy (non-hydrogen) atoms. The highest BCUT2D eigenvalue weighted by molar-refractivity contribution is 7.80. The molecule has 4 atom stereocenters. The molecule has 0 aromatic heterocycles. The maximum absolute atomic E-state index is 11.8. The van der Waals surface area contributed by atoms with Gasteiger partial charge in [-0.05, 0) is 90.3 Å². The van der Waals surface area contributed by atoms with Crippen molar-refractivity contribution >= 4 is 12.6 Å². The summed E-state index contributed by atoms with van der Waals surface area (Å²) in [4.78, 5) is 2.51. The van der Waals surface area contributed by atoms with Crippen molar-refractivity contribution in [1.29, 1.82) is 0 Å². The van der Waals surface area contributed by atoms with E-state index < -0.39 is 11.0 Å². The molecule has 1 heterocycles. The van der Waals surface area contributed by atoms with Crippen LogP contribution in [0.25, 0.3) is 0 Å². The molecule has 2 aliphatic carbocycles. The van der Waals surface area contributed by atoms with Crippen molar-refractivity contribution in [2.45, 2.75) is 121 Å². The Kier molecular flexibility index (Phi) is 10.3. The summed E-state index contributed by atoms with van der Waals surface area (Å²) in [7, 11) is 1.71. The zero-order valence-electron chi connectivity index (χ0n) is 23.9. The normalized spacial score (nSPS) is 28.6. The van der Waals surface area contributed by atoms with E-state index in [9.17, 15) is 15.3 Å². The van der Waals surface area contributed by atoms with Crippen molar-refractivity contribution in [1.82, 2.24) is 4.90 Å². The Hall–Kier alpha value is -0.990. The Morgan fingerprint density at radius 1 is 1.24 bits per heavy atom. The van der Waals surface area contributed by atoms with Crippen molar-refractivity contribution in [3.8, 4) is 11.5 Å². The Balaban J connectivity index is 0.000000295. The number of unbranched alkanes of at least 4 members (excludes halogenated alkanes) is 1. The van der Waals surface area contributed by atoms with Gasteiger partial charge in [-0.15, -0.1) is 12.6 Å². The van der Waals surface area contributed by atoms with E-state index in [2.05, 4.69) is 24.5 Å². The maximum atomic E-state index is 11.8. The van der Waals surface area contributed by atoms with Crippen molar-refractivity contribution in [3.05, 3.63) is 23.3 Å². The zero-order chi connectivity index (χ0) is 27.4. The van der Waals surface area contributed by atoms with Crippen LogP contribution in [0.3, 0.4) is 0 Å². The summed E-state index contributed by atoms with van der Waals surface area (Å²) >= 11 is 4.09. The van der Waals surface area contributed by atoms with E-state index in [-0.39, 0.29) is 28.6 Å². The van der Waals surface area contributed by atoms with E-state index >= 15 is 0 Å². The quantitative estimate of drug-likeness (QED) is 0.172. The van der Waals surface area contributed by atoms with E-state index in [1.165, 1.54) is 19.3 Å². The number of phenols is 2. The highest BCUT2D eigenvalue weighted by Crippen LogP contribution is 2.57. The number of nitrogens with zero attached hydrogens (tertiary/aromatic N) is 1. The van der Waals surface area contributed by atoms with Gasteiger partial charge in [0.1, 0.15) is 0 Å². The van der Waals surface area contributed by atoms with Gasteiger partial charge in [0.15, 0.2) is 11.5 Å². The number of phenolic OH excluding ortho intramolecular Hbond substituents is 2. The molecule has 1 aliphatic heterocycles. The number of aromatic hydroxyl groups is 2. The summed E-state index contributed by atoms with van der Waals surface area (Å²) in [5.74, 6) is 0.708. The molecule has 212 valence electrons. The number of fused-ring (bicyclic) bond motifs is 4. The van der Waals surface area contributed by atoms with Crippen molar-refractivity contribution < 1.29 is 24.8 Å². The van der Waals surface area contributed by atoms with Crippen LogP contribution >= 0.6 is 12.6 Å². The first-order valence-corrected chi connectivity index (χ1v) is 14.8. The summed E-state index contributed by atoms with van der Waals surface area (Å²) in [5.41, 5.74) is 0.482. The number of rotatable bonds is 10. The molecule has 2 bridgehead atoms. The zero-order valence-corrected chi connectivity index (χ0v) is 24.8. The number of benzene rings is 1. The number of piperidine rings is 1. The van der Waals surface area contributed by atoms with Crippen LogP contribution in [0.1, 0.15) is 97.1 Å². The van der Waals surface area contributed by atoms with Crippen LogP contribution < -0.4 is 0 Å². The molecular formula is C30H51NO5S. The van der Waals surface area contributed by atoms with Crippen molar-refractivity contribution in [2.75, 3.05) is 26.8 Å². The smallest absolute Gasteiger partial charge is 0.161 e. The molecule has 0 amide bonds. The lowest BCUT2D eigenvalue weighted by Gasteiger charge is -2.61. The summed E-state index contributed by atoms with van der Waals surface area (Å²) in [6.07, 6.45) is 9.39. The monoisotopic (exact) mass is 537 g/mol. The van der Waals surface area contributed by atoms with Crippen LogP contribution in [0.5, 0.6) is 11.5 Å². The van der Waals surface area contributed by atoms with Gasteiger partial charge in [0.05, 0.1) is 23.2 Å². The van der Waals surface area contributed by atoms with Gasteiger partial charge in [-0.1, -0.05) is 32.3 Å². The van der Waals surface area contributed by atoms with Crippen molar-refractivity contribution in [2.24, 2.45) is 5.92 Å². The lowest BCUT2D eigenvalue weighted by Crippen LogP contribution is -2.70. The average Bonchev–Trinajstić information content (AvgIpc) is 2.79. The summed E-state index contributed by atoms with van der Waals surface area (Å²) in [6.45, 7) is 12.9. The van der Waals surface area contributed by atoms with Crippen LogP contribution in [0.2, 0.25) is 0 Å². The molecule has 1 aromatic carbocycles. The van der Waals surface area contributed by atoms with E-state index in [4.69, 9.17) is 9.47 Å². The standard InChI is InChI=1S/C22H33NO3.C8H18O2S/c1-3-4-10-22-11-12-23(14-15-6-5-7-15)18(21(22,2)26)13-16-8-9-17(24)20(25)19(16)22;1-7(11)10-6-5-8(2,3)9-4/h8-9,15,18,24-26H,3-7,10-14H2,1-2H3;7,11H,5-6H2,1-4H3. The number of methoxy groups -OCH3 is 1. The molecule has 6 nitrogen and oxygen atoms in total. The topological polar surface area (TPSA) is 82.4 Å². The summed E-state index contributed by atoms with van der Waals surface area (Å²) in [5, 5.41) is 32.7. The second-order valence-corrected chi connectivity index (χ2v) is 13.0. The number of aliphatic hydroxyl groups is 1. The molecule has 7 heteroatoms. The Morgan fingerprint density at radius 2 is 1.95 bits per heavy atom. The fourth-order valence-electron chi connectivity index (χ4n) is 6.44. The minimum absolute atomic E-state index is 0.00947. The van der Waals surface area contributed by atoms with Crippen LogP contribution in [-0.2, 0) is 21.3 Å². The van der Waals surface area contributed by atoms with E-state index in [0.29, 0.717) is 6.61 Å². The molecule has 1 aromatic rings. The molecule has 1 saturated heterocycles. The Morgan fingerprint density at radius 3 is 2.51 bits per heavy atom. The molecule has 0 spiro atoms. The molecule has 3 N–H and O–H groups in total. The third kappa shape index (κ3) is 6.60. The predicted octanol–water partition coefficient (Wildman–Crippen LogP) is 5.80. The highest BCUT2D eigenvalue weighted by atomic mass is 32.1. The first kappa shape index (κ1) is 30.6. The second kappa shape index (κ2) is 12.5. The largest absolute Gasteiger partial charge is 0.504 e. The van der Waals surface area contributed by atoms with Gasteiger partial charge in [0, 0.05) is 30.7 Å². The van der Waals surface area contributed by atoms with Crippen LogP contribution in [0.4, 0.5) is 0 Å². The number of hydrogen-bond donors (Lipinski definition) is 4. The SMILES string of the molecule is CCCCC12CCN(CC3CCC3)C(Cc3ccc(O)c(O)c31)C2(C)O.COC(C)(C)CCOC(C)S. The van der Waals surface area contributed by atoms with Gasteiger partial charge in [-0.25, -0.2) is 0 Å². The second-order valence-electron chi connectivity index (χ2n) is 12.2. The van der Waals surface area contributed by atoms with Gasteiger partial charge in [0.2, 0.25) is 0 Å². The third-order valence-corrected chi connectivity index (χ3v) is 9.46. The number of likely N-dealkylation sites (tertiary alicyclic amines) is 1. The van der Waals surface area contributed by atoms with Gasteiger partial charge in [-0.2, -0.15) is 0 Å². The summed E-state index contributed by atoms with van der Waals surface area (Å²) in [6, 6.07) is 3.65. The summed E-state index contributed by atoms with van der Waals surface area (Å²) < 4.78 is 10.5. The van der Waals surface area contributed by atoms with Crippen molar-refractivity contribution in [3.63, 3.8) is 0 Å². The Bertz CT molecular complexity index is 885. The lowest BCUT2D eigenvalue weighted by atomic mass is 9.53. The molecule has 3 aliphatic rings. The van der Waals surface area contributed by atoms with Gasteiger partial charge >= 0.3 is 0 Å². The number of thiol groups is 1. The molecule has 1 saturated carbocycles. The van der Waals surface area contributed by atoms with Crippen LogP contribution in [-0.4, -0.2) is 69.7 Å². The minimum Gasteiger partial charge on any atom is -0.504 e. The number of hydrogen-bond acceptors (Lipinski definition) is 7. The third-order valence-electron chi connectivity index (χ3n) is 9.31. The van der Waals surface area contributed by atoms with Crippen LogP contribution in [0.15, 0.2) is 12.1 Å². The molecule has 4 unspecified atom stereocenters. The van der Waals surface area contributed by atoms with E-state index in [1.54, 1.807) is 13.2 Å². The Labute approximate surface area is 230 Å². The maximum Gasteiger partial charge on any atom is 0.161 e. The fraction of sp³-hybridized carbons (Fsp3) is 0.800. The predicted molar refractivity (Wildman–Crippen MR) is 153 cm³/mol. The lowest BCUT2D eigenvalue weighted by molar-refractivity contribution is -0.142. The first-order valence-electron chi connectivity index (χ1n) is 14.2. The number of ether oxygens (including phenoxy) is 2. The molecule has 0 radical (unpaired) electrons. The van der Waals surface area contributed by atoms with Gasteiger partial charge in [-0.3, -0.25) is 4.90 Å². The molecule has 2 fully saturated rings. The van der Waals surface area contributed by atoms with Crippen LogP contribution in [0, 0.1) is 5.92 Å². The molecule has 4 rings (SSSR count).